The normalized spacial score (nSPS) is 13.2. The minimum Gasteiger partial charge on any atom is -0.0776 e. The predicted molar refractivity (Wildman–Crippen MR) is 75.5 cm³/mol. The standard InChI is InChI=1S/C12H26.C2H6.CH4/c1-5-8-9-12(7-3)10-11(4)6-2;1-2;/h11-12H,5-10H2,1-4H3;1-2H3;1H4. The Labute approximate surface area is 99.9 Å². The third-order valence-corrected chi connectivity index (χ3v) is 2.98. The zero-order valence-electron chi connectivity index (χ0n) is 11.4. The van der Waals surface area contributed by atoms with Gasteiger partial charge in [-0.2, -0.15) is 0 Å². The van der Waals surface area contributed by atoms with Gasteiger partial charge in [0.05, 0.1) is 0 Å². The molecule has 0 fully saturated rings. The van der Waals surface area contributed by atoms with Gasteiger partial charge in [-0.3, -0.25) is 0 Å². The number of unbranched alkanes of at least 4 members (excludes halogenated alkanes) is 1. The Hall–Kier alpha value is 0. The van der Waals surface area contributed by atoms with Crippen molar-refractivity contribution in [3.05, 3.63) is 0 Å². The molecule has 0 spiro atoms. The summed E-state index contributed by atoms with van der Waals surface area (Å²) in [6, 6.07) is 0. The van der Waals surface area contributed by atoms with Crippen LogP contribution in [-0.4, -0.2) is 0 Å². The molecule has 0 heterocycles. The van der Waals surface area contributed by atoms with Crippen LogP contribution in [0.3, 0.4) is 0 Å². The van der Waals surface area contributed by atoms with Gasteiger partial charge in [-0.1, -0.05) is 81.1 Å². The molecule has 0 rings (SSSR count). The van der Waals surface area contributed by atoms with E-state index in [-0.39, 0.29) is 7.43 Å². The van der Waals surface area contributed by atoms with Crippen molar-refractivity contribution >= 4 is 0 Å². The average molecular weight is 216 g/mol. The van der Waals surface area contributed by atoms with Gasteiger partial charge in [0.2, 0.25) is 0 Å². The number of hydrogen-bond acceptors (Lipinski definition) is 0. The second-order valence-electron chi connectivity index (χ2n) is 4.17. The highest BCUT2D eigenvalue weighted by atomic mass is 14.1. The zero-order valence-corrected chi connectivity index (χ0v) is 11.4. The Bertz CT molecular complexity index is 86.0. The summed E-state index contributed by atoms with van der Waals surface area (Å²) in [6.07, 6.45) is 8.42. The van der Waals surface area contributed by atoms with Crippen molar-refractivity contribution in [2.45, 2.75) is 87.5 Å². The SMILES string of the molecule is C.CC.CCCCC(CC)CC(C)CC. The Balaban J connectivity index is -0.000000449. The molecular weight excluding hydrogens is 180 g/mol. The van der Waals surface area contributed by atoms with Crippen LogP contribution in [-0.2, 0) is 0 Å². The van der Waals surface area contributed by atoms with E-state index >= 15 is 0 Å². The Morgan fingerprint density at radius 1 is 0.933 bits per heavy atom. The highest BCUT2D eigenvalue weighted by Crippen LogP contribution is 2.22. The van der Waals surface area contributed by atoms with Crippen molar-refractivity contribution in [3.63, 3.8) is 0 Å². The molecule has 96 valence electrons. The van der Waals surface area contributed by atoms with Crippen molar-refractivity contribution in [2.24, 2.45) is 11.8 Å². The van der Waals surface area contributed by atoms with Crippen LogP contribution < -0.4 is 0 Å². The molecule has 0 N–H and O–H groups in total. The smallest absolute Gasteiger partial charge is 0.0414 e. The molecule has 0 aliphatic carbocycles. The van der Waals surface area contributed by atoms with Crippen molar-refractivity contribution in [1.29, 1.82) is 0 Å². The van der Waals surface area contributed by atoms with Gasteiger partial charge < -0.3 is 0 Å². The van der Waals surface area contributed by atoms with E-state index < -0.39 is 0 Å². The van der Waals surface area contributed by atoms with E-state index in [1.165, 1.54) is 38.5 Å². The fourth-order valence-electron chi connectivity index (χ4n) is 1.72. The molecule has 0 radical (unpaired) electrons. The Morgan fingerprint density at radius 3 is 1.80 bits per heavy atom. The van der Waals surface area contributed by atoms with Gasteiger partial charge in [-0.25, -0.2) is 0 Å². The molecule has 2 atom stereocenters. The van der Waals surface area contributed by atoms with Gasteiger partial charge >= 0.3 is 0 Å². The van der Waals surface area contributed by atoms with Gasteiger partial charge in [0.25, 0.3) is 0 Å². The molecule has 0 bridgehead atoms. The lowest BCUT2D eigenvalue weighted by molar-refractivity contribution is 0.346. The largest absolute Gasteiger partial charge is 0.0776 e. The molecule has 15 heavy (non-hydrogen) atoms. The lowest BCUT2D eigenvalue weighted by Gasteiger charge is -2.18. The second kappa shape index (κ2) is 16.4. The first kappa shape index (κ1) is 20.4. The lowest BCUT2D eigenvalue weighted by Crippen LogP contribution is -2.04. The molecule has 0 aliphatic heterocycles. The first-order valence-electron chi connectivity index (χ1n) is 6.74. The van der Waals surface area contributed by atoms with E-state index in [0.717, 1.165) is 11.8 Å². The highest BCUT2D eigenvalue weighted by molar-refractivity contribution is 4.61. The molecule has 0 aliphatic rings. The molecule has 0 amide bonds. The fraction of sp³-hybridized carbons (Fsp3) is 1.00. The van der Waals surface area contributed by atoms with Gasteiger partial charge in [-0.15, -0.1) is 0 Å². The first-order chi connectivity index (χ1) is 6.74. The molecule has 2 unspecified atom stereocenters. The molecule has 0 aromatic carbocycles. The molecular formula is C15H36. The van der Waals surface area contributed by atoms with Crippen LogP contribution >= 0.6 is 0 Å². The van der Waals surface area contributed by atoms with E-state index in [1.54, 1.807) is 0 Å². The number of hydrogen-bond donors (Lipinski definition) is 0. The van der Waals surface area contributed by atoms with E-state index in [4.69, 9.17) is 0 Å². The maximum absolute atomic E-state index is 2.38. The van der Waals surface area contributed by atoms with E-state index in [0.29, 0.717) is 0 Å². The molecule has 0 nitrogen and oxygen atoms in total. The van der Waals surface area contributed by atoms with Crippen molar-refractivity contribution < 1.29 is 0 Å². The minimum absolute atomic E-state index is 0. The van der Waals surface area contributed by atoms with Crippen LogP contribution in [0.25, 0.3) is 0 Å². The van der Waals surface area contributed by atoms with Crippen molar-refractivity contribution in [3.8, 4) is 0 Å². The summed E-state index contributed by atoms with van der Waals surface area (Å²) in [4.78, 5) is 0. The van der Waals surface area contributed by atoms with Crippen LogP contribution in [0.4, 0.5) is 0 Å². The first-order valence-corrected chi connectivity index (χ1v) is 6.74. The van der Waals surface area contributed by atoms with E-state index in [1.807, 2.05) is 13.8 Å². The van der Waals surface area contributed by atoms with E-state index in [2.05, 4.69) is 27.7 Å². The van der Waals surface area contributed by atoms with Crippen molar-refractivity contribution in [2.75, 3.05) is 0 Å². The van der Waals surface area contributed by atoms with Crippen LogP contribution in [0.2, 0.25) is 0 Å². The van der Waals surface area contributed by atoms with Crippen LogP contribution in [0, 0.1) is 11.8 Å². The molecule has 0 saturated heterocycles. The predicted octanol–water partition coefficient (Wildman–Crippen LogP) is 6.30. The summed E-state index contributed by atoms with van der Waals surface area (Å²) in [5, 5.41) is 0. The van der Waals surface area contributed by atoms with Gasteiger partial charge in [0.15, 0.2) is 0 Å². The van der Waals surface area contributed by atoms with Gasteiger partial charge in [-0.05, 0) is 18.3 Å². The fourth-order valence-corrected chi connectivity index (χ4v) is 1.72. The quantitative estimate of drug-likeness (QED) is 0.468. The Kier molecular flexibility index (Phi) is 22.4. The molecule has 0 heteroatoms. The summed E-state index contributed by atoms with van der Waals surface area (Å²) < 4.78 is 0. The van der Waals surface area contributed by atoms with Gasteiger partial charge in [0.1, 0.15) is 0 Å². The summed E-state index contributed by atoms with van der Waals surface area (Å²) in [5.41, 5.74) is 0. The third-order valence-electron chi connectivity index (χ3n) is 2.98. The average Bonchev–Trinajstić information content (AvgIpc) is 2.26. The monoisotopic (exact) mass is 216 g/mol. The second-order valence-corrected chi connectivity index (χ2v) is 4.17. The van der Waals surface area contributed by atoms with E-state index in [9.17, 15) is 0 Å². The summed E-state index contributed by atoms with van der Waals surface area (Å²) in [5.74, 6) is 1.94. The highest BCUT2D eigenvalue weighted by Gasteiger charge is 2.09. The molecule has 0 saturated carbocycles. The van der Waals surface area contributed by atoms with Crippen LogP contribution in [0.5, 0.6) is 0 Å². The maximum Gasteiger partial charge on any atom is -0.0414 e. The van der Waals surface area contributed by atoms with Gasteiger partial charge in [0, 0.05) is 0 Å². The van der Waals surface area contributed by atoms with Crippen molar-refractivity contribution in [1.82, 2.24) is 0 Å². The number of rotatable bonds is 7. The third kappa shape index (κ3) is 14.0. The summed E-state index contributed by atoms with van der Waals surface area (Å²) in [7, 11) is 0. The Morgan fingerprint density at radius 2 is 1.47 bits per heavy atom. The van der Waals surface area contributed by atoms with Crippen LogP contribution in [0.15, 0.2) is 0 Å². The zero-order chi connectivity index (χ0) is 11.4. The summed E-state index contributed by atoms with van der Waals surface area (Å²) >= 11 is 0. The maximum atomic E-state index is 2.38. The van der Waals surface area contributed by atoms with Crippen LogP contribution in [0.1, 0.15) is 87.5 Å². The topological polar surface area (TPSA) is 0 Å². The summed E-state index contributed by atoms with van der Waals surface area (Å²) in [6.45, 7) is 13.3. The molecule has 0 aromatic rings. The minimum atomic E-state index is 0. The molecule has 0 aromatic heterocycles. The lowest BCUT2D eigenvalue weighted by atomic mass is 9.88.